The first-order valence-electron chi connectivity index (χ1n) is 9.53. The monoisotopic (exact) mass is 355 g/mol. The number of hydrogen-bond acceptors (Lipinski definition) is 5. The van der Waals surface area contributed by atoms with E-state index in [-0.39, 0.29) is 24.0 Å². The molecule has 2 rings (SSSR count). The minimum atomic E-state index is -0.327. The maximum atomic E-state index is 12.8. The lowest BCUT2D eigenvalue weighted by Crippen LogP contribution is -2.50. The van der Waals surface area contributed by atoms with Crippen molar-refractivity contribution in [3.63, 3.8) is 0 Å². The molecular formula is C18H33N3O4. The zero-order valence-corrected chi connectivity index (χ0v) is 15.7. The molecule has 7 nitrogen and oxygen atoms in total. The number of urea groups is 1. The zero-order valence-electron chi connectivity index (χ0n) is 15.7. The molecule has 2 aliphatic rings. The van der Waals surface area contributed by atoms with Gasteiger partial charge in [0.2, 0.25) is 0 Å². The maximum absolute atomic E-state index is 12.8. The van der Waals surface area contributed by atoms with Gasteiger partial charge in [-0.25, -0.2) is 4.79 Å². The van der Waals surface area contributed by atoms with Crippen molar-refractivity contribution >= 4 is 12.0 Å². The Balaban J connectivity index is 1.89. The van der Waals surface area contributed by atoms with Crippen LogP contribution in [0.25, 0.3) is 0 Å². The molecule has 0 aromatic carbocycles. The molecule has 1 aliphatic heterocycles. The fourth-order valence-corrected chi connectivity index (χ4v) is 3.48. The summed E-state index contributed by atoms with van der Waals surface area (Å²) in [6, 6.07) is 0.205. The van der Waals surface area contributed by atoms with Gasteiger partial charge in [0.1, 0.15) is 0 Å². The molecular weight excluding hydrogens is 322 g/mol. The molecule has 25 heavy (non-hydrogen) atoms. The lowest BCUT2D eigenvalue weighted by Gasteiger charge is -2.32. The number of morpholine rings is 1. The minimum Gasteiger partial charge on any atom is -0.469 e. The highest BCUT2D eigenvalue weighted by atomic mass is 16.5. The predicted octanol–water partition coefficient (Wildman–Crippen LogP) is 1.47. The Morgan fingerprint density at radius 2 is 1.92 bits per heavy atom. The molecule has 1 N–H and O–H groups in total. The van der Waals surface area contributed by atoms with Crippen LogP contribution < -0.4 is 5.32 Å². The second-order valence-electron chi connectivity index (χ2n) is 7.11. The van der Waals surface area contributed by atoms with Crippen LogP contribution in [-0.2, 0) is 14.3 Å². The molecule has 1 unspecified atom stereocenters. The molecule has 0 aromatic heterocycles. The summed E-state index contributed by atoms with van der Waals surface area (Å²) in [5.41, 5.74) is 0. The predicted molar refractivity (Wildman–Crippen MR) is 95.4 cm³/mol. The summed E-state index contributed by atoms with van der Waals surface area (Å²) in [5.74, 6) is -0.603. The molecule has 1 atom stereocenters. The van der Waals surface area contributed by atoms with Gasteiger partial charge in [0.25, 0.3) is 0 Å². The largest absolute Gasteiger partial charge is 0.469 e. The van der Waals surface area contributed by atoms with Crippen molar-refractivity contribution in [3.8, 4) is 0 Å². The highest BCUT2D eigenvalue weighted by Gasteiger charge is 2.24. The normalized spacial score (nSPS) is 20.7. The number of ether oxygens (including phenoxy) is 2. The van der Waals surface area contributed by atoms with Crippen molar-refractivity contribution in [2.24, 2.45) is 5.92 Å². The quantitative estimate of drug-likeness (QED) is 0.700. The summed E-state index contributed by atoms with van der Waals surface area (Å²) in [4.78, 5) is 28.6. The van der Waals surface area contributed by atoms with Crippen molar-refractivity contribution < 1.29 is 19.1 Å². The van der Waals surface area contributed by atoms with Crippen LogP contribution in [0.1, 0.15) is 39.0 Å². The number of hydrogen-bond donors (Lipinski definition) is 1. The van der Waals surface area contributed by atoms with Crippen LogP contribution in [0.5, 0.6) is 0 Å². The van der Waals surface area contributed by atoms with Crippen molar-refractivity contribution in [2.75, 3.05) is 53.0 Å². The standard InChI is InChI=1S/C18H33N3O4/c1-15(17(22)24-2)14-21(9-8-20-10-12-25-13-11-20)18(23)19-16-6-4-3-5-7-16/h15-16H,3-14H2,1-2H3,(H,19,23). The van der Waals surface area contributed by atoms with E-state index in [0.29, 0.717) is 13.1 Å². The van der Waals surface area contributed by atoms with E-state index in [1.807, 2.05) is 6.92 Å². The number of carbonyl (C=O) groups excluding carboxylic acids is 2. The van der Waals surface area contributed by atoms with Gasteiger partial charge < -0.3 is 19.7 Å². The Morgan fingerprint density at radius 1 is 1.24 bits per heavy atom. The summed E-state index contributed by atoms with van der Waals surface area (Å²) in [7, 11) is 1.39. The number of esters is 1. The van der Waals surface area contributed by atoms with Gasteiger partial charge in [0, 0.05) is 38.8 Å². The van der Waals surface area contributed by atoms with E-state index in [4.69, 9.17) is 9.47 Å². The van der Waals surface area contributed by atoms with E-state index >= 15 is 0 Å². The van der Waals surface area contributed by atoms with Gasteiger partial charge in [-0.2, -0.15) is 0 Å². The van der Waals surface area contributed by atoms with Gasteiger partial charge in [0.05, 0.1) is 26.2 Å². The molecule has 0 spiro atoms. The summed E-state index contributed by atoms with van der Waals surface area (Å²) in [6.07, 6.45) is 5.71. The Morgan fingerprint density at radius 3 is 2.56 bits per heavy atom. The van der Waals surface area contributed by atoms with Gasteiger partial charge >= 0.3 is 12.0 Å². The van der Waals surface area contributed by atoms with E-state index in [1.165, 1.54) is 26.4 Å². The van der Waals surface area contributed by atoms with Gasteiger partial charge in [-0.05, 0) is 12.8 Å². The van der Waals surface area contributed by atoms with Crippen molar-refractivity contribution in [1.82, 2.24) is 15.1 Å². The van der Waals surface area contributed by atoms with Gasteiger partial charge in [0.15, 0.2) is 0 Å². The molecule has 2 amide bonds. The molecule has 0 bridgehead atoms. The van der Waals surface area contributed by atoms with Crippen LogP contribution in [-0.4, -0.2) is 80.9 Å². The lowest BCUT2D eigenvalue weighted by atomic mass is 9.96. The summed E-state index contributed by atoms with van der Waals surface area (Å²) in [6.45, 7) is 6.88. The molecule has 0 aromatic rings. The fraction of sp³-hybridized carbons (Fsp3) is 0.889. The molecule has 1 aliphatic carbocycles. The Hall–Kier alpha value is -1.34. The number of carbonyl (C=O) groups is 2. The SMILES string of the molecule is COC(=O)C(C)CN(CCN1CCOCC1)C(=O)NC1CCCCC1. The third-order valence-electron chi connectivity index (χ3n) is 5.11. The highest BCUT2D eigenvalue weighted by molar-refractivity contribution is 5.76. The van der Waals surface area contributed by atoms with E-state index < -0.39 is 0 Å². The average Bonchev–Trinajstić information content (AvgIpc) is 2.65. The average molecular weight is 355 g/mol. The second-order valence-corrected chi connectivity index (χ2v) is 7.11. The lowest BCUT2D eigenvalue weighted by molar-refractivity contribution is -0.145. The number of methoxy groups -OCH3 is 1. The summed E-state index contributed by atoms with van der Waals surface area (Å²) in [5, 5.41) is 3.16. The molecule has 1 saturated heterocycles. The summed E-state index contributed by atoms with van der Waals surface area (Å²) >= 11 is 0. The number of nitrogens with one attached hydrogen (secondary N) is 1. The Bertz CT molecular complexity index is 421. The summed E-state index contributed by atoms with van der Waals surface area (Å²) < 4.78 is 10.2. The van der Waals surface area contributed by atoms with Crippen molar-refractivity contribution in [3.05, 3.63) is 0 Å². The Labute approximate surface area is 151 Å². The Kier molecular flexibility index (Phi) is 8.48. The topological polar surface area (TPSA) is 71.1 Å². The van der Waals surface area contributed by atoms with Crippen LogP contribution in [0.2, 0.25) is 0 Å². The first kappa shape index (κ1) is 20.0. The van der Waals surface area contributed by atoms with E-state index in [9.17, 15) is 9.59 Å². The zero-order chi connectivity index (χ0) is 18.1. The third-order valence-corrected chi connectivity index (χ3v) is 5.11. The van der Waals surface area contributed by atoms with Gasteiger partial charge in [-0.15, -0.1) is 0 Å². The number of nitrogens with zero attached hydrogens (tertiary/aromatic N) is 2. The first-order valence-corrected chi connectivity index (χ1v) is 9.53. The van der Waals surface area contributed by atoms with Gasteiger partial charge in [-0.3, -0.25) is 9.69 Å². The molecule has 1 heterocycles. The highest BCUT2D eigenvalue weighted by Crippen LogP contribution is 2.17. The van der Waals surface area contributed by atoms with Gasteiger partial charge in [-0.1, -0.05) is 26.2 Å². The smallest absolute Gasteiger partial charge is 0.317 e. The molecule has 2 fully saturated rings. The number of amides is 2. The second kappa shape index (κ2) is 10.6. The molecule has 144 valence electrons. The van der Waals surface area contributed by atoms with E-state index in [2.05, 4.69) is 10.2 Å². The van der Waals surface area contributed by atoms with Crippen LogP contribution in [0, 0.1) is 5.92 Å². The van der Waals surface area contributed by atoms with Crippen molar-refractivity contribution in [1.29, 1.82) is 0 Å². The number of rotatable bonds is 7. The minimum absolute atomic E-state index is 0.0593. The van der Waals surface area contributed by atoms with Crippen LogP contribution in [0.4, 0.5) is 4.79 Å². The van der Waals surface area contributed by atoms with E-state index in [1.54, 1.807) is 4.90 Å². The van der Waals surface area contributed by atoms with Crippen LogP contribution >= 0.6 is 0 Å². The fourth-order valence-electron chi connectivity index (χ4n) is 3.48. The maximum Gasteiger partial charge on any atom is 0.317 e. The van der Waals surface area contributed by atoms with E-state index in [0.717, 1.165) is 45.7 Å². The van der Waals surface area contributed by atoms with Crippen LogP contribution in [0.3, 0.4) is 0 Å². The van der Waals surface area contributed by atoms with Crippen molar-refractivity contribution in [2.45, 2.75) is 45.1 Å². The molecule has 7 heteroatoms. The first-order chi connectivity index (χ1) is 12.1. The van der Waals surface area contributed by atoms with Crippen LogP contribution in [0.15, 0.2) is 0 Å². The molecule has 0 radical (unpaired) electrons. The third kappa shape index (κ3) is 6.82. The molecule has 1 saturated carbocycles.